The van der Waals surface area contributed by atoms with Crippen LogP contribution in [-0.4, -0.2) is 7.11 Å². The number of aryl methyl sites for hydroxylation is 2. The molecule has 2 aromatic rings. The lowest BCUT2D eigenvalue weighted by Gasteiger charge is -2.14. The standard InChI is InChI=1S/C17H19BrO/c1-12-4-9-16(13(2)10-12)17(18)11-14-5-7-15(19-3)8-6-14/h4-10,17H,11H2,1-3H3. The highest BCUT2D eigenvalue weighted by Crippen LogP contribution is 2.30. The SMILES string of the molecule is COc1ccc(CC(Br)c2ccc(C)cc2C)cc1. The van der Waals surface area contributed by atoms with Crippen LogP contribution < -0.4 is 4.74 Å². The summed E-state index contributed by atoms with van der Waals surface area (Å²) < 4.78 is 5.18. The molecule has 2 heteroatoms. The summed E-state index contributed by atoms with van der Waals surface area (Å²) in [5.74, 6) is 0.904. The van der Waals surface area contributed by atoms with Crippen LogP contribution in [0.3, 0.4) is 0 Å². The lowest BCUT2D eigenvalue weighted by atomic mass is 9.99. The average Bonchev–Trinajstić information content (AvgIpc) is 2.39. The van der Waals surface area contributed by atoms with Crippen LogP contribution in [0.4, 0.5) is 0 Å². The van der Waals surface area contributed by atoms with Gasteiger partial charge in [-0.2, -0.15) is 0 Å². The maximum absolute atomic E-state index is 5.18. The third-order valence-corrected chi connectivity index (χ3v) is 4.15. The van der Waals surface area contributed by atoms with Crippen molar-refractivity contribution in [3.63, 3.8) is 0 Å². The van der Waals surface area contributed by atoms with Crippen LogP contribution in [0.1, 0.15) is 27.1 Å². The van der Waals surface area contributed by atoms with Gasteiger partial charge in [0.1, 0.15) is 5.75 Å². The van der Waals surface area contributed by atoms with Gasteiger partial charge in [0.2, 0.25) is 0 Å². The van der Waals surface area contributed by atoms with Gasteiger partial charge in [0, 0.05) is 4.83 Å². The molecule has 19 heavy (non-hydrogen) atoms. The minimum absolute atomic E-state index is 0.349. The van der Waals surface area contributed by atoms with Gasteiger partial charge in [-0.05, 0) is 49.1 Å². The van der Waals surface area contributed by atoms with E-state index in [2.05, 4.69) is 60.1 Å². The highest BCUT2D eigenvalue weighted by atomic mass is 79.9. The van der Waals surface area contributed by atoms with Crippen LogP contribution in [0.25, 0.3) is 0 Å². The van der Waals surface area contributed by atoms with Crippen molar-refractivity contribution in [1.29, 1.82) is 0 Å². The van der Waals surface area contributed by atoms with Gasteiger partial charge in [-0.25, -0.2) is 0 Å². The zero-order valence-corrected chi connectivity index (χ0v) is 13.2. The normalized spacial score (nSPS) is 12.2. The summed E-state index contributed by atoms with van der Waals surface area (Å²) in [6.07, 6.45) is 0.980. The van der Waals surface area contributed by atoms with Crippen LogP contribution in [0.2, 0.25) is 0 Å². The number of hydrogen-bond donors (Lipinski definition) is 0. The van der Waals surface area contributed by atoms with Gasteiger partial charge in [-0.15, -0.1) is 0 Å². The molecular weight excluding hydrogens is 300 g/mol. The second-order valence-corrected chi connectivity index (χ2v) is 5.99. The fourth-order valence-corrected chi connectivity index (χ4v) is 3.14. The molecule has 2 rings (SSSR count). The third kappa shape index (κ3) is 3.60. The Balaban J connectivity index is 2.13. The molecule has 0 saturated carbocycles. The minimum Gasteiger partial charge on any atom is -0.497 e. The number of rotatable bonds is 4. The van der Waals surface area contributed by atoms with Gasteiger partial charge in [-0.3, -0.25) is 0 Å². The van der Waals surface area contributed by atoms with E-state index >= 15 is 0 Å². The van der Waals surface area contributed by atoms with Gasteiger partial charge >= 0.3 is 0 Å². The van der Waals surface area contributed by atoms with E-state index in [-0.39, 0.29) is 0 Å². The van der Waals surface area contributed by atoms with Crippen molar-refractivity contribution >= 4 is 15.9 Å². The number of methoxy groups -OCH3 is 1. The molecule has 0 saturated heterocycles. The zero-order valence-electron chi connectivity index (χ0n) is 11.6. The number of benzene rings is 2. The summed E-state index contributed by atoms with van der Waals surface area (Å²) in [6, 6.07) is 14.9. The van der Waals surface area contributed by atoms with Crippen molar-refractivity contribution in [2.45, 2.75) is 25.1 Å². The number of ether oxygens (including phenoxy) is 1. The van der Waals surface area contributed by atoms with E-state index < -0.39 is 0 Å². The molecule has 0 N–H and O–H groups in total. The fourth-order valence-electron chi connectivity index (χ4n) is 2.26. The van der Waals surface area contributed by atoms with Gasteiger partial charge in [-0.1, -0.05) is 51.8 Å². The largest absolute Gasteiger partial charge is 0.497 e. The van der Waals surface area contributed by atoms with Crippen molar-refractivity contribution in [1.82, 2.24) is 0 Å². The first-order valence-corrected chi connectivity index (χ1v) is 7.36. The van der Waals surface area contributed by atoms with E-state index in [0.29, 0.717) is 4.83 Å². The van der Waals surface area contributed by atoms with Crippen LogP contribution in [0, 0.1) is 13.8 Å². The van der Waals surface area contributed by atoms with E-state index in [1.54, 1.807) is 7.11 Å². The summed E-state index contributed by atoms with van der Waals surface area (Å²) >= 11 is 3.80. The third-order valence-electron chi connectivity index (χ3n) is 3.34. The van der Waals surface area contributed by atoms with Crippen molar-refractivity contribution < 1.29 is 4.74 Å². The number of halogens is 1. The van der Waals surface area contributed by atoms with Gasteiger partial charge in [0.05, 0.1) is 7.11 Å². The van der Waals surface area contributed by atoms with E-state index in [0.717, 1.165) is 12.2 Å². The monoisotopic (exact) mass is 318 g/mol. The van der Waals surface area contributed by atoms with Crippen LogP contribution >= 0.6 is 15.9 Å². The summed E-state index contributed by atoms with van der Waals surface area (Å²) in [6.45, 7) is 4.30. The van der Waals surface area contributed by atoms with Crippen molar-refractivity contribution in [3.05, 3.63) is 64.7 Å². The molecular formula is C17H19BrO. The number of alkyl halides is 1. The molecule has 0 spiro atoms. The van der Waals surface area contributed by atoms with Gasteiger partial charge in [0.15, 0.2) is 0 Å². The van der Waals surface area contributed by atoms with E-state index in [4.69, 9.17) is 4.74 Å². The Bertz CT molecular complexity index is 546. The van der Waals surface area contributed by atoms with Gasteiger partial charge in [0.25, 0.3) is 0 Å². The summed E-state index contributed by atoms with van der Waals surface area (Å²) in [5.41, 5.74) is 5.32. The Morgan fingerprint density at radius 2 is 1.74 bits per heavy atom. The average molecular weight is 319 g/mol. The first kappa shape index (κ1) is 14.1. The fraction of sp³-hybridized carbons (Fsp3) is 0.294. The lowest BCUT2D eigenvalue weighted by molar-refractivity contribution is 0.414. The molecule has 0 aliphatic carbocycles. The highest BCUT2D eigenvalue weighted by Gasteiger charge is 2.11. The Morgan fingerprint density at radius 1 is 1.05 bits per heavy atom. The molecule has 0 aliphatic heterocycles. The molecule has 2 aromatic carbocycles. The molecule has 1 atom stereocenters. The molecule has 0 radical (unpaired) electrons. The quantitative estimate of drug-likeness (QED) is 0.721. The van der Waals surface area contributed by atoms with Crippen LogP contribution in [-0.2, 0) is 6.42 Å². The summed E-state index contributed by atoms with van der Waals surface area (Å²) in [7, 11) is 1.69. The Morgan fingerprint density at radius 3 is 2.32 bits per heavy atom. The molecule has 0 fully saturated rings. The Hall–Kier alpha value is -1.28. The predicted molar refractivity (Wildman–Crippen MR) is 84.3 cm³/mol. The van der Waals surface area contributed by atoms with Crippen molar-refractivity contribution in [2.75, 3.05) is 7.11 Å². The first-order valence-electron chi connectivity index (χ1n) is 6.44. The Labute approximate surface area is 123 Å². The molecule has 0 heterocycles. The molecule has 0 amide bonds. The molecule has 1 unspecified atom stereocenters. The maximum Gasteiger partial charge on any atom is 0.118 e. The van der Waals surface area contributed by atoms with Crippen LogP contribution in [0.15, 0.2) is 42.5 Å². The predicted octanol–water partition coefficient (Wildman–Crippen LogP) is 4.99. The van der Waals surface area contributed by atoms with E-state index in [1.165, 1.54) is 22.3 Å². The Kier molecular flexibility index (Phi) is 4.65. The smallest absolute Gasteiger partial charge is 0.118 e. The highest BCUT2D eigenvalue weighted by molar-refractivity contribution is 9.09. The van der Waals surface area contributed by atoms with Crippen molar-refractivity contribution in [2.24, 2.45) is 0 Å². The molecule has 100 valence electrons. The lowest BCUT2D eigenvalue weighted by Crippen LogP contribution is -1.98. The van der Waals surface area contributed by atoms with Crippen LogP contribution in [0.5, 0.6) is 5.75 Å². The number of hydrogen-bond acceptors (Lipinski definition) is 1. The molecule has 0 aliphatic rings. The van der Waals surface area contributed by atoms with Crippen molar-refractivity contribution in [3.8, 4) is 5.75 Å². The maximum atomic E-state index is 5.18. The summed E-state index contributed by atoms with van der Waals surface area (Å²) in [5, 5.41) is 0. The van der Waals surface area contributed by atoms with Gasteiger partial charge < -0.3 is 4.74 Å². The van der Waals surface area contributed by atoms with E-state index in [1.807, 2.05) is 12.1 Å². The van der Waals surface area contributed by atoms with E-state index in [9.17, 15) is 0 Å². The topological polar surface area (TPSA) is 9.23 Å². The first-order chi connectivity index (χ1) is 9.10. The second kappa shape index (κ2) is 6.25. The summed E-state index contributed by atoms with van der Waals surface area (Å²) in [4.78, 5) is 0.349. The second-order valence-electron chi connectivity index (χ2n) is 4.88. The molecule has 0 bridgehead atoms. The minimum atomic E-state index is 0.349. The molecule has 1 nitrogen and oxygen atoms in total. The zero-order chi connectivity index (χ0) is 13.8. The molecule has 0 aromatic heterocycles.